The minimum atomic E-state index is -0.671. The first-order valence-corrected chi connectivity index (χ1v) is 12.8. The number of hydrogen-bond acceptors (Lipinski definition) is 2. The number of nitrogens with zero attached hydrogens (tertiary/aromatic N) is 3. The zero-order valence-corrected chi connectivity index (χ0v) is 22.1. The molecule has 0 saturated heterocycles. The molecule has 3 aromatic rings. The maximum absolute atomic E-state index is 15.4. The lowest BCUT2D eigenvalue weighted by Gasteiger charge is -2.39. The van der Waals surface area contributed by atoms with E-state index in [0.717, 1.165) is 22.4 Å². The second-order valence-corrected chi connectivity index (χ2v) is 10.3. The van der Waals surface area contributed by atoms with Crippen LogP contribution in [-0.2, 0) is 6.54 Å². The highest BCUT2D eigenvalue weighted by Crippen LogP contribution is 2.47. The van der Waals surface area contributed by atoms with E-state index in [2.05, 4.69) is 31.0 Å². The molecular weight excluding hydrogens is 510 g/mol. The normalized spacial score (nSPS) is 18.9. The van der Waals surface area contributed by atoms with Crippen molar-refractivity contribution in [2.45, 2.75) is 39.3 Å². The molecule has 2 aromatic carbocycles. The molecule has 0 fully saturated rings. The number of aromatic nitrogens is 2. The average Bonchev–Trinajstić information content (AvgIpc) is 3.11. The van der Waals surface area contributed by atoms with Gasteiger partial charge >= 0.3 is 6.03 Å². The number of anilines is 2. The summed E-state index contributed by atoms with van der Waals surface area (Å²) in [6.07, 6.45) is 3.45. The quantitative estimate of drug-likeness (QED) is 0.342. The van der Waals surface area contributed by atoms with Crippen LogP contribution in [0.15, 0.2) is 71.3 Å². The van der Waals surface area contributed by atoms with Gasteiger partial charge in [-0.15, -0.1) is 0 Å². The van der Waals surface area contributed by atoms with E-state index in [1.807, 2.05) is 48.0 Å². The van der Waals surface area contributed by atoms with Crippen molar-refractivity contribution in [1.82, 2.24) is 9.78 Å². The predicted octanol–water partition coefficient (Wildman–Crippen LogP) is 7.64. The lowest BCUT2D eigenvalue weighted by molar-refractivity contribution is 0.252. The number of halogens is 3. The number of carbonyl (C=O) groups excluding carboxylic acids is 1. The highest BCUT2D eigenvalue weighted by atomic mass is 35.5. The van der Waals surface area contributed by atoms with Crippen molar-refractivity contribution in [1.29, 1.82) is 0 Å². The fourth-order valence-electron chi connectivity index (χ4n) is 5.02. The first-order chi connectivity index (χ1) is 17.8. The van der Waals surface area contributed by atoms with Gasteiger partial charge in [-0.05, 0) is 36.6 Å². The van der Waals surface area contributed by atoms with Crippen molar-refractivity contribution in [3.63, 3.8) is 0 Å². The van der Waals surface area contributed by atoms with Crippen LogP contribution in [0.5, 0.6) is 0 Å². The summed E-state index contributed by atoms with van der Waals surface area (Å²) in [6.45, 7) is 6.60. The van der Waals surface area contributed by atoms with E-state index in [-0.39, 0.29) is 16.6 Å². The standard InChI is InChI=1S/C29H25Cl2FN4O/c1-17(2)26-24-27(21-12-7-11-20(30)15-18(21)3)36(23-14-8-13-22(31)25(23)32)29(37)33-28(24)34-35(26)16-19-9-5-4-6-10-19/h4-6,8-11,13-15,17,21,27H,16H2,1-3H3,(H,33,34,37)/t21?,27-/m1/s1. The molecule has 2 heterocycles. The van der Waals surface area contributed by atoms with Gasteiger partial charge in [0, 0.05) is 22.4 Å². The maximum atomic E-state index is 15.4. The topological polar surface area (TPSA) is 50.2 Å². The van der Waals surface area contributed by atoms with E-state index < -0.39 is 23.8 Å². The number of rotatable bonds is 5. The van der Waals surface area contributed by atoms with Gasteiger partial charge in [0.05, 0.1) is 29.2 Å². The molecule has 1 aromatic heterocycles. The lowest BCUT2D eigenvalue weighted by Crippen LogP contribution is -2.46. The van der Waals surface area contributed by atoms with Gasteiger partial charge in [0.25, 0.3) is 0 Å². The number of fused-ring (bicyclic) bond motifs is 1. The molecule has 1 aliphatic heterocycles. The molecule has 2 amide bonds. The minimum absolute atomic E-state index is 0.0493. The van der Waals surface area contributed by atoms with Crippen molar-refractivity contribution in [2.24, 2.45) is 5.92 Å². The molecule has 0 radical (unpaired) electrons. The number of carbonyl (C=O) groups is 1. The van der Waals surface area contributed by atoms with Gasteiger partial charge in [0.1, 0.15) is 0 Å². The molecule has 1 N–H and O–H groups in total. The molecule has 0 saturated carbocycles. The van der Waals surface area contributed by atoms with Crippen LogP contribution in [0.4, 0.5) is 20.7 Å². The number of amides is 2. The van der Waals surface area contributed by atoms with Crippen LogP contribution in [0.2, 0.25) is 5.02 Å². The van der Waals surface area contributed by atoms with Crippen LogP contribution in [0, 0.1) is 23.6 Å². The van der Waals surface area contributed by atoms with E-state index in [1.54, 1.807) is 18.2 Å². The van der Waals surface area contributed by atoms with Gasteiger partial charge in [-0.25, -0.2) is 9.18 Å². The second-order valence-electron chi connectivity index (χ2n) is 9.45. The van der Waals surface area contributed by atoms with E-state index in [0.29, 0.717) is 17.4 Å². The van der Waals surface area contributed by atoms with Gasteiger partial charge in [-0.3, -0.25) is 14.9 Å². The van der Waals surface area contributed by atoms with Crippen molar-refractivity contribution >= 4 is 40.7 Å². The maximum Gasteiger partial charge on any atom is 0.328 e. The fraction of sp³-hybridized carbons (Fsp3) is 0.241. The lowest BCUT2D eigenvalue weighted by atomic mass is 9.83. The molecule has 0 bridgehead atoms. The van der Waals surface area contributed by atoms with Crippen LogP contribution in [0.1, 0.15) is 49.6 Å². The summed E-state index contributed by atoms with van der Waals surface area (Å²) in [4.78, 5) is 15.0. The third-order valence-corrected chi connectivity index (χ3v) is 7.09. The predicted molar refractivity (Wildman–Crippen MR) is 146 cm³/mol. The van der Waals surface area contributed by atoms with Crippen LogP contribution in [0.3, 0.4) is 0 Å². The highest BCUT2D eigenvalue weighted by molar-refractivity contribution is 6.31. The van der Waals surface area contributed by atoms with Crippen molar-refractivity contribution in [2.75, 3.05) is 10.2 Å². The summed E-state index contributed by atoms with van der Waals surface area (Å²) in [5, 5.41) is 8.16. The molecule has 2 atom stereocenters. The molecule has 8 heteroatoms. The largest absolute Gasteiger partial charge is 0.328 e. The number of benzene rings is 2. The summed E-state index contributed by atoms with van der Waals surface area (Å²) >= 11 is 12.5. The van der Waals surface area contributed by atoms with Crippen LogP contribution in [-0.4, -0.2) is 15.8 Å². The average molecular weight is 535 g/mol. The molecular formula is C29H25Cl2FN4O. The summed E-state index contributed by atoms with van der Waals surface area (Å²) in [6, 6.07) is 13.5. The SMILES string of the molecule is CC1=CC(Cl)=CC#CC1[C@@H]1c2c(nn(Cc3ccccc3)c2C(C)C)NC(=O)N1c1cccc(Cl)c1F. The Labute approximate surface area is 225 Å². The van der Waals surface area contributed by atoms with Gasteiger partial charge in [-0.2, -0.15) is 5.10 Å². The third kappa shape index (κ3) is 4.66. The molecule has 5 rings (SSSR count). The number of allylic oxidation sites excluding steroid dienone is 3. The van der Waals surface area contributed by atoms with Gasteiger partial charge in [0.2, 0.25) is 0 Å². The Hall–Kier alpha value is -3.53. The fourth-order valence-corrected chi connectivity index (χ4v) is 5.42. The second kappa shape index (κ2) is 10.1. The van der Waals surface area contributed by atoms with Crippen molar-refractivity contribution < 1.29 is 9.18 Å². The van der Waals surface area contributed by atoms with Crippen LogP contribution >= 0.6 is 23.2 Å². The number of nitrogens with one attached hydrogen (secondary N) is 1. The first kappa shape index (κ1) is 25.1. The Morgan fingerprint density at radius 1 is 1.14 bits per heavy atom. The first-order valence-electron chi connectivity index (χ1n) is 12.0. The summed E-state index contributed by atoms with van der Waals surface area (Å²) < 4.78 is 17.3. The summed E-state index contributed by atoms with van der Waals surface area (Å²) in [5.74, 6) is 5.63. The van der Waals surface area contributed by atoms with E-state index >= 15 is 4.39 Å². The zero-order chi connectivity index (χ0) is 26.3. The van der Waals surface area contributed by atoms with E-state index in [4.69, 9.17) is 28.3 Å². The van der Waals surface area contributed by atoms with Gasteiger partial charge in [-0.1, -0.05) is 90.9 Å². The van der Waals surface area contributed by atoms with E-state index in [9.17, 15) is 4.79 Å². The van der Waals surface area contributed by atoms with Crippen LogP contribution < -0.4 is 10.2 Å². The highest BCUT2D eigenvalue weighted by Gasteiger charge is 2.44. The molecule has 188 valence electrons. The Morgan fingerprint density at radius 3 is 2.62 bits per heavy atom. The van der Waals surface area contributed by atoms with Gasteiger partial charge in [0.15, 0.2) is 11.6 Å². The number of urea groups is 1. The molecule has 1 aliphatic carbocycles. The van der Waals surface area contributed by atoms with E-state index in [1.165, 1.54) is 11.0 Å². The third-order valence-electron chi connectivity index (χ3n) is 6.58. The Morgan fingerprint density at radius 2 is 1.89 bits per heavy atom. The Balaban J connectivity index is 1.75. The minimum Gasteiger partial charge on any atom is -0.290 e. The number of hydrogen-bond donors (Lipinski definition) is 1. The van der Waals surface area contributed by atoms with Crippen molar-refractivity contribution in [3.8, 4) is 11.8 Å². The Bertz CT molecular complexity index is 1500. The summed E-state index contributed by atoms with van der Waals surface area (Å²) in [7, 11) is 0. The molecule has 1 unspecified atom stereocenters. The Kier molecular flexibility index (Phi) is 6.85. The zero-order valence-electron chi connectivity index (χ0n) is 20.6. The molecule has 2 aliphatic rings. The summed E-state index contributed by atoms with van der Waals surface area (Å²) in [5.41, 5.74) is 3.74. The van der Waals surface area contributed by atoms with Crippen LogP contribution in [0.25, 0.3) is 0 Å². The monoisotopic (exact) mass is 534 g/mol. The smallest absolute Gasteiger partial charge is 0.290 e. The van der Waals surface area contributed by atoms with Crippen molar-refractivity contribution in [3.05, 3.63) is 98.9 Å². The van der Waals surface area contributed by atoms with Gasteiger partial charge < -0.3 is 0 Å². The molecule has 5 nitrogen and oxygen atoms in total. The molecule has 37 heavy (non-hydrogen) atoms. The molecule has 0 spiro atoms.